The van der Waals surface area contributed by atoms with Gasteiger partial charge in [-0.05, 0) is 49.1 Å². The lowest BCUT2D eigenvalue weighted by molar-refractivity contribution is 0.00926. The van der Waals surface area contributed by atoms with E-state index in [1.165, 1.54) is 16.0 Å². The Morgan fingerprint density at radius 1 is 1.18 bits per heavy atom. The maximum absolute atomic E-state index is 10.2. The number of nitrogens with zero attached hydrogens (tertiary/aromatic N) is 4. The molecule has 3 aromatic rings. The van der Waals surface area contributed by atoms with Crippen molar-refractivity contribution in [3.63, 3.8) is 0 Å². The van der Waals surface area contributed by atoms with E-state index in [0.29, 0.717) is 23.9 Å². The first-order valence-electron chi connectivity index (χ1n) is 11.3. The second kappa shape index (κ2) is 9.86. The number of nitriles is 1. The SMILES string of the molecule is Cc1ncc(-c2ccc(CCNc3ncc(C#N)c(N[C@@H]4CC[C@H](O)C(C)(C)C4)n3)cc2)s1. The van der Waals surface area contributed by atoms with E-state index in [1.807, 2.05) is 13.1 Å². The molecule has 0 saturated heterocycles. The van der Waals surface area contributed by atoms with Crippen molar-refractivity contribution in [2.45, 2.75) is 58.6 Å². The maximum Gasteiger partial charge on any atom is 0.224 e. The van der Waals surface area contributed by atoms with Crippen molar-refractivity contribution >= 4 is 23.1 Å². The molecular formula is C25H30N6OS. The first-order chi connectivity index (χ1) is 15.8. The Labute approximate surface area is 199 Å². The maximum atomic E-state index is 10.2. The summed E-state index contributed by atoms with van der Waals surface area (Å²) in [5.41, 5.74) is 2.67. The Balaban J connectivity index is 1.35. The van der Waals surface area contributed by atoms with Gasteiger partial charge >= 0.3 is 0 Å². The van der Waals surface area contributed by atoms with Gasteiger partial charge in [-0.2, -0.15) is 10.2 Å². The van der Waals surface area contributed by atoms with Crippen LogP contribution in [0.2, 0.25) is 0 Å². The first kappa shape index (κ1) is 23.1. The van der Waals surface area contributed by atoms with Crippen LogP contribution in [0.25, 0.3) is 10.4 Å². The number of anilines is 2. The number of aromatic nitrogens is 3. The molecule has 8 heteroatoms. The van der Waals surface area contributed by atoms with Gasteiger partial charge in [-0.25, -0.2) is 9.97 Å². The highest BCUT2D eigenvalue weighted by atomic mass is 32.1. The molecule has 1 fully saturated rings. The van der Waals surface area contributed by atoms with Crippen LogP contribution in [0.3, 0.4) is 0 Å². The first-order valence-corrected chi connectivity index (χ1v) is 12.1. The normalized spacial score (nSPS) is 19.6. The summed E-state index contributed by atoms with van der Waals surface area (Å²) < 4.78 is 0. The molecule has 33 heavy (non-hydrogen) atoms. The fourth-order valence-corrected chi connectivity index (χ4v) is 5.03. The molecule has 0 unspecified atom stereocenters. The third kappa shape index (κ3) is 5.67. The van der Waals surface area contributed by atoms with Crippen LogP contribution in [-0.4, -0.2) is 38.7 Å². The van der Waals surface area contributed by atoms with Gasteiger partial charge in [-0.15, -0.1) is 11.3 Å². The third-order valence-corrected chi connectivity index (χ3v) is 7.23. The van der Waals surface area contributed by atoms with Crippen molar-refractivity contribution < 1.29 is 5.11 Å². The monoisotopic (exact) mass is 462 g/mol. The number of aryl methyl sites for hydroxylation is 1. The number of aliphatic hydroxyl groups excluding tert-OH is 1. The minimum atomic E-state index is -0.297. The van der Waals surface area contributed by atoms with E-state index in [2.05, 4.69) is 69.8 Å². The van der Waals surface area contributed by atoms with Crippen LogP contribution in [-0.2, 0) is 6.42 Å². The van der Waals surface area contributed by atoms with Gasteiger partial charge in [0, 0.05) is 18.8 Å². The lowest BCUT2D eigenvalue weighted by Gasteiger charge is -2.40. The predicted octanol–water partition coefficient (Wildman–Crippen LogP) is 4.79. The summed E-state index contributed by atoms with van der Waals surface area (Å²) in [7, 11) is 0. The van der Waals surface area contributed by atoms with E-state index < -0.39 is 0 Å². The second-order valence-corrected chi connectivity index (χ2v) is 10.5. The smallest absolute Gasteiger partial charge is 0.224 e. The largest absolute Gasteiger partial charge is 0.393 e. The zero-order chi connectivity index (χ0) is 23.4. The summed E-state index contributed by atoms with van der Waals surface area (Å²) in [6.07, 6.45) is 6.43. The highest BCUT2D eigenvalue weighted by molar-refractivity contribution is 7.15. The molecule has 0 bridgehead atoms. The van der Waals surface area contributed by atoms with Crippen molar-refractivity contribution in [3.8, 4) is 16.5 Å². The molecule has 2 heterocycles. The Morgan fingerprint density at radius 2 is 1.97 bits per heavy atom. The molecule has 1 aromatic carbocycles. The summed E-state index contributed by atoms with van der Waals surface area (Å²) in [6.45, 7) is 6.86. The van der Waals surface area contributed by atoms with E-state index in [9.17, 15) is 10.4 Å². The van der Waals surface area contributed by atoms with Gasteiger partial charge in [0.1, 0.15) is 17.5 Å². The Bertz CT molecular complexity index is 1130. The second-order valence-electron chi connectivity index (χ2n) is 9.31. The molecule has 172 valence electrons. The van der Waals surface area contributed by atoms with Crippen molar-refractivity contribution in [2.75, 3.05) is 17.2 Å². The lowest BCUT2D eigenvalue weighted by atomic mass is 9.73. The van der Waals surface area contributed by atoms with Crippen LogP contribution in [0, 0.1) is 23.7 Å². The van der Waals surface area contributed by atoms with Crippen LogP contribution in [0.5, 0.6) is 0 Å². The molecule has 1 aliphatic rings. The minimum Gasteiger partial charge on any atom is -0.393 e. The number of thiazole rings is 1. The fraction of sp³-hybridized carbons (Fsp3) is 0.440. The fourth-order valence-electron chi connectivity index (χ4n) is 4.25. The zero-order valence-electron chi connectivity index (χ0n) is 19.3. The average Bonchev–Trinajstić information content (AvgIpc) is 3.23. The molecule has 0 radical (unpaired) electrons. The summed E-state index contributed by atoms with van der Waals surface area (Å²) in [5.74, 6) is 1.06. The van der Waals surface area contributed by atoms with Gasteiger partial charge in [0.05, 0.1) is 22.2 Å². The van der Waals surface area contributed by atoms with Crippen molar-refractivity contribution in [1.82, 2.24) is 15.0 Å². The summed E-state index contributed by atoms with van der Waals surface area (Å²) in [4.78, 5) is 14.4. The summed E-state index contributed by atoms with van der Waals surface area (Å²) >= 11 is 1.70. The van der Waals surface area contributed by atoms with Gasteiger partial charge < -0.3 is 15.7 Å². The molecule has 1 aliphatic carbocycles. The highest BCUT2D eigenvalue weighted by Gasteiger charge is 2.35. The summed E-state index contributed by atoms with van der Waals surface area (Å²) in [5, 5.41) is 27.5. The number of benzene rings is 1. The molecule has 3 N–H and O–H groups in total. The molecule has 0 spiro atoms. The van der Waals surface area contributed by atoms with E-state index in [1.54, 1.807) is 17.5 Å². The van der Waals surface area contributed by atoms with Gasteiger partial charge in [-0.1, -0.05) is 38.1 Å². The van der Waals surface area contributed by atoms with Crippen LogP contribution >= 0.6 is 11.3 Å². The quantitative estimate of drug-likeness (QED) is 0.463. The number of rotatable bonds is 7. The van der Waals surface area contributed by atoms with Gasteiger partial charge in [-0.3, -0.25) is 0 Å². The topological polar surface area (TPSA) is 107 Å². The Kier molecular flexibility index (Phi) is 6.91. The number of hydrogen-bond acceptors (Lipinski definition) is 8. The number of nitrogens with one attached hydrogen (secondary N) is 2. The van der Waals surface area contributed by atoms with E-state index in [-0.39, 0.29) is 17.6 Å². The molecule has 2 aromatic heterocycles. The van der Waals surface area contributed by atoms with E-state index >= 15 is 0 Å². The molecular weight excluding hydrogens is 432 g/mol. The van der Waals surface area contributed by atoms with Crippen LogP contribution in [0.4, 0.5) is 11.8 Å². The molecule has 2 atom stereocenters. The zero-order valence-corrected chi connectivity index (χ0v) is 20.1. The molecule has 7 nitrogen and oxygen atoms in total. The van der Waals surface area contributed by atoms with Crippen molar-refractivity contribution in [2.24, 2.45) is 5.41 Å². The molecule has 4 rings (SSSR count). The van der Waals surface area contributed by atoms with Gasteiger partial charge in [0.25, 0.3) is 0 Å². The number of aliphatic hydroxyl groups is 1. The van der Waals surface area contributed by atoms with Crippen LogP contribution in [0.1, 0.15) is 49.2 Å². The Hall–Kier alpha value is -3.02. The minimum absolute atomic E-state index is 0.161. The van der Waals surface area contributed by atoms with Gasteiger partial charge in [0.2, 0.25) is 5.95 Å². The van der Waals surface area contributed by atoms with Crippen LogP contribution < -0.4 is 10.6 Å². The average molecular weight is 463 g/mol. The highest BCUT2D eigenvalue weighted by Crippen LogP contribution is 2.37. The summed E-state index contributed by atoms with van der Waals surface area (Å²) in [6, 6.07) is 10.9. The van der Waals surface area contributed by atoms with Crippen LogP contribution in [0.15, 0.2) is 36.7 Å². The standard InChI is InChI=1S/C25H30N6OS/c1-16-28-15-21(33-16)18-6-4-17(5-7-18)10-11-27-24-29-14-19(13-26)23(31-24)30-20-8-9-22(32)25(2,3)12-20/h4-7,14-15,20,22,32H,8-12H2,1-3H3,(H2,27,29,30,31)/t20-,22+/m1/s1. The molecule has 0 aliphatic heterocycles. The predicted molar refractivity (Wildman–Crippen MR) is 132 cm³/mol. The molecule has 0 amide bonds. The third-order valence-electron chi connectivity index (χ3n) is 6.27. The van der Waals surface area contributed by atoms with Crippen molar-refractivity contribution in [3.05, 3.63) is 52.8 Å². The van der Waals surface area contributed by atoms with Gasteiger partial charge in [0.15, 0.2) is 0 Å². The lowest BCUT2D eigenvalue weighted by Crippen LogP contribution is -2.41. The number of hydrogen-bond donors (Lipinski definition) is 3. The van der Waals surface area contributed by atoms with Crippen molar-refractivity contribution in [1.29, 1.82) is 5.26 Å². The van der Waals surface area contributed by atoms with E-state index in [4.69, 9.17) is 0 Å². The molecule has 1 saturated carbocycles. The Morgan fingerprint density at radius 3 is 2.64 bits per heavy atom. The van der Waals surface area contributed by atoms with E-state index in [0.717, 1.165) is 30.7 Å².